The van der Waals surface area contributed by atoms with Gasteiger partial charge >= 0.3 is 6.18 Å². The number of nitrogens with zero attached hydrogens (tertiary/aromatic N) is 2. The van der Waals surface area contributed by atoms with Crippen molar-refractivity contribution in [2.75, 3.05) is 18.8 Å². The molecule has 1 aromatic rings. The molecule has 1 N–H and O–H groups in total. The minimum absolute atomic E-state index is 0. The highest BCUT2D eigenvalue weighted by atomic mass is 79.9. The van der Waals surface area contributed by atoms with Crippen molar-refractivity contribution in [2.45, 2.75) is 31.2 Å². The topological polar surface area (TPSA) is 35.8 Å². The Morgan fingerprint density at radius 2 is 2.00 bits per heavy atom. The molecule has 0 bridgehead atoms. The Morgan fingerprint density at radius 1 is 1.25 bits per heavy atom. The summed E-state index contributed by atoms with van der Waals surface area (Å²) in [7, 11) is 0. The Labute approximate surface area is 158 Å². The molecule has 0 radical (unpaired) electrons. The first kappa shape index (κ1) is 19.9. The molecule has 2 aliphatic rings. The van der Waals surface area contributed by atoms with Crippen LogP contribution in [0, 0.1) is 0 Å². The maximum absolute atomic E-state index is 13.0. The molecule has 3 nitrogen and oxygen atoms in total. The molecule has 9 heteroatoms. The van der Waals surface area contributed by atoms with E-state index in [1.54, 1.807) is 4.90 Å². The number of fused-ring (bicyclic) bond motifs is 1. The van der Waals surface area contributed by atoms with Gasteiger partial charge in [0.25, 0.3) is 0 Å². The molecule has 0 aromatic heterocycles. The summed E-state index contributed by atoms with van der Waals surface area (Å²) in [6, 6.07) is 3.08. The van der Waals surface area contributed by atoms with Gasteiger partial charge in [-0.1, -0.05) is 23.4 Å². The number of hydrogen-bond donors (Lipinski definition) is 1. The number of thioether (sulfide) groups is 1. The molecule has 0 saturated carbocycles. The van der Waals surface area contributed by atoms with Crippen LogP contribution in [0.3, 0.4) is 0 Å². The molecule has 24 heavy (non-hydrogen) atoms. The van der Waals surface area contributed by atoms with Gasteiger partial charge in [0, 0.05) is 23.7 Å². The Morgan fingerprint density at radius 3 is 2.71 bits per heavy atom. The van der Waals surface area contributed by atoms with Crippen LogP contribution in [0.1, 0.15) is 30.4 Å². The van der Waals surface area contributed by atoms with E-state index < -0.39 is 17.5 Å². The lowest BCUT2D eigenvalue weighted by Gasteiger charge is -2.36. The lowest BCUT2D eigenvalue weighted by Crippen LogP contribution is -2.46. The van der Waals surface area contributed by atoms with Crippen molar-refractivity contribution in [1.82, 2.24) is 4.90 Å². The van der Waals surface area contributed by atoms with Crippen LogP contribution in [0.25, 0.3) is 0 Å². The number of halogens is 5. The molecule has 0 amide bonds. The van der Waals surface area contributed by atoms with Crippen LogP contribution < -0.4 is 0 Å². The van der Waals surface area contributed by atoms with Crippen LogP contribution in [0.2, 0.25) is 5.02 Å². The zero-order valence-corrected chi connectivity index (χ0v) is 15.9. The van der Waals surface area contributed by atoms with E-state index in [4.69, 9.17) is 11.6 Å². The van der Waals surface area contributed by atoms with Gasteiger partial charge in [-0.25, -0.2) is 0 Å². The summed E-state index contributed by atoms with van der Waals surface area (Å²) < 4.78 is 39.0. The van der Waals surface area contributed by atoms with Crippen molar-refractivity contribution in [3.8, 4) is 0 Å². The highest BCUT2D eigenvalue weighted by Crippen LogP contribution is 2.44. The van der Waals surface area contributed by atoms with Crippen LogP contribution in [-0.2, 0) is 11.9 Å². The normalized spacial score (nSPS) is 24.5. The summed E-state index contributed by atoms with van der Waals surface area (Å²) in [5.41, 5.74) is -2.28. The zero-order valence-electron chi connectivity index (χ0n) is 12.6. The average molecular weight is 446 g/mol. The molecule has 0 aliphatic carbocycles. The minimum atomic E-state index is -4.48. The third kappa shape index (κ3) is 3.71. The van der Waals surface area contributed by atoms with Gasteiger partial charge in [0.05, 0.1) is 11.3 Å². The first-order chi connectivity index (χ1) is 10.8. The lowest BCUT2D eigenvalue weighted by atomic mass is 9.99. The van der Waals surface area contributed by atoms with Crippen LogP contribution >= 0.6 is 40.3 Å². The first-order valence-corrected chi connectivity index (χ1v) is 8.73. The van der Waals surface area contributed by atoms with E-state index in [0.717, 1.165) is 31.4 Å². The van der Waals surface area contributed by atoms with Gasteiger partial charge in [-0.2, -0.15) is 13.2 Å². The molecule has 3 rings (SSSR count). The Hall–Kier alpha value is -0.440. The second-order valence-electron chi connectivity index (χ2n) is 5.67. The van der Waals surface area contributed by atoms with Gasteiger partial charge in [0.2, 0.25) is 0 Å². The summed E-state index contributed by atoms with van der Waals surface area (Å²) in [5, 5.41) is 11.9. The molecule has 1 saturated heterocycles. The predicted octanol–water partition coefficient (Wildman–Crippen LogP) is 4.67. The van der Waals surface area contributed by atoms with Gasteiger partial charge in [-0.05, 0) is 37.5 Å². The van der Waals surface area contributed by atoms with E-state index in [2.05, 4.69) is 4.99 Å². The smallest absolute Gasteiger partial charge is 0.366 e. The lowest BCUT2D eigenvalue weighted by molar-refractivity contribution is -0.137. The van der Waals surface area contributed by atoms with Gasteiger partial charge in [0.15, 0.2) is 10.9 Å². The Balaban J connectivity index is 0.00000208. The standard InChI is InChI=1S/C15H16ClF3N2OS.BrH/c16-12-5-4-10(15(17,18)19)8-11(12)14(22)9-23-13-20-6-2-1-3-7-21(13)14;/h4-5,8,22H,1-3,6-7,9H2;1H. The van der Waals surface area contributed by atoms with E-state index in [-0.39, 0.29) is 33.3 Å². The number of alkyl halides is 3. The summed E-state index contributed by atoms with van der Waals surface area (Å²) >= 11 is 7.48. The van der Waals surface area contributed by atoms with Gasteiger partial charge in [-0.3, -0.25) is 4.99 Å². The number of benzene rings is 1. The Bertz CT molecular complexity index is 644. The Kier molecular flexibility index (Phi) is 6.16. The van der Waals surface area contributed by atoms with Crippen molar-refractivity contribution in [1.29, 1.82) is 0 Å². The predicted molar refractivity (Wildman–Crippen MR) is 96.0 cm³/mol. The molecule has 2 aliphatic heterocycles. The summed E-state index contributed by atoms with van der Waals surface area (Å²) in [4.78, 5) is 6.14. The molecule has 0 spiro atoms. The molecule has 2 heterocycles. The SMILES string of the molecule is Br.OC1(c2cc(C(F)(F)F)ccc2Cl)CSC2=NCCCCCN21. The van der Waals surface area contributed by atoms with E-state index in [1.165, 1.54) is 17.8 Å². The quantitative estimate of drug-likeness (QED) is 0.682. The van der Waals surface area contributed by atoms with Crippen LogP contribution in [0.5, 0.6) is 0 Å². The van der Waals surface area contributed by atoms with Gasteiger partial charge < -0.3 is 10.0 Å². The van der Waals surface area contributed by atoms with Crippen molar-refractivity contribution < 1.29 is 18.3 Å². The molecule has 1 unspecified atom stereocenters. The van der Waals surface area contributed by atoms with Crippen LogP contribution in [0.15, 0.2) is 23.2 Å². The summed E-state index contributed by atoms with van der Waals surface area (Å²) in [6.07, 6.45) is -1.65. The fourth-order valence-electron chi connectivity index (χ4n) is 2.86. The fourth-order valence-corrected chi connectivity index (χ4v) is 4.35. The van der Waals surface area contributed by atoms with Gasteiger partial charge in [-0.15, -0.1) is 17.0 Å². The monoisotopic (exact) mass is 444 g/mol. The fraction of sp³-hybridized carbons (Fsp3) is 0.533. The number of rotatable bonds is 1. The number of amidine groups is 1. The average Bonchev–Trinajstić information content (AvgIpc) is 2.74. The zero-order chi connectivity index (χ0) is 16.7. The van der Waals surface area contributed by atoms with Crippen molar-refractivity contribution in [2.24, 2.45) is 4.99 Å². The largest absolute Gasteiger partial charge is 0.416 e. The molecule has 134 valence electrons. The number of aliphatic hydroxyl groups is 1. The highest BCUT2D eigenvalue weighted by molar-refractivity contribution is 8.93. The van der Waals surface area contributed by atoms with Gasteiger partial charge in [0.1, 0.15) is 0 Å². The maximum Gasteiger partial charge on any atom is 0.416 e. The van der Waals surface area contributed by atoms with E-state index in [1.807, 2.05) is 0 Å². The molecule has 1 atom stereocenters. The van der Waals surface area contributed by atoms with Crippen LogP contribution in [-0.4, -0.2) is 34.0 Å². The number of aliphatic imine (C=N–C) groups is 1. The van der Waals surface area contributed by atoms with Crippen molar-refractivity contribution in [3.05, 3.63) is 34.3 Å². The first-order valence-electron chi connectivity index (χ1n) is 7.37. The van der Waals surface area contributed by atoms with Crippen LogP contribution in [0.4, 0.5) is 13.2 Å². The third-order valence-corrected chi connectivity index (χ3v) is 5.58. The van der Waals surface area contributed by atoms with Crippen molar-refractivity contribution >= 4 is 45.5 Å². The van der Waals surface area contributed by atoms with E-state index in [0.29, 0.717) is 18.3 Å². The maximum atomic E-state index is 13.0. The second-order valence-corrected chi connectivity index (χ2v) is 7.02. The van der Waals surface area contributed by atoms with E-state index in [9.17, 15) is 18.3 Å². The highest BCUT2D eigenvalue weighted by Gasteiger charge is 2.46. The molecule has 1 aromatic carbocycles. The third-order valence-electron chi connectivity index (χ3n) is 4.09. The minimum Gasteiger partial charge on any atom is -0.366 e. The second kappa shape index (κ2) is 7.43. The van der Waals surface area contributed by atoms with Crippen molar-refractivity contribution in [3.63, 3.8) is 0 Å². The molecule has 1 fully saturated rings. The molecular weight excluding hydrogens is 429 g/mol. The van der Waals surface area contributed by atoms with E-state index >= 15 is 0 Å². The summed E-state index contributed by atoms with van der Waals surface area (Å²) in [6.45, 7) is 1.22. The summed E-state index contributed by atoms with van der Waals surface area (Å²) in [5.74, 6) is 0.215. The molecular formula is C15H17BrClF3N2OS. The number of hydrogen-bond acceptors (Lipinski definition) is 4.